The van der Waals surface area contributed by atoms with E-state index in [-0.39, 0.29) is 0 Å². The molecule has 0 N–H and O–H groups in total. The van der Waals surface area contributed by atoms with E-state index in [0.29, 0.717) is 5.56 Å². The van der Waals surface area contributed by atoms with E-state index in [1.165, 1.54) is 0 Å². The number of aromatic nitrogens is 1. The molecule has 0 bridgehead atoms. The zero-order valence-corrected chi connectivity index (χ0v) is 14.4. The Labute approximate surface area is 146 Å². The van der Waals surface area contributed by atoms with Gasteiger partial charge < -0.3 is 0 Å². The van der Waals surface area contributed by atoms with Crippen molar-refractivity contribution in [3.8, 4) is 17.2 Å². The standard InChI is InChI=1S/C20H17N3S/c1-15-4-3-5-20(22-15)23(2)24-19-12-10-18(11-13-19)17-8-6-16(14-21)7-9-17/h3-13H,1-2H3. The maximum Gasteiger partial charge on any atom is 0.138 e. The Bertz CT molecular complexity index is 865. The lowest BCUT2D eigenvalue weighted by Crippen LogP contribution is -2.08. The first kappa shape index (κ1) is 16.1. The maximum atomic E-state index is 8.87. The van der Waals surface area contributed by atoms with Crippen LogP contribution >= 0.6 is 11.9 Å². The molecule has 0 amide bonds. The van der Waals surface area contributed by atoms with Crippen molar-refractivity contribution in [2.75, 3.05) is 11.4 Å². The van der Waals surface area contributed by atoms with Crippen molar-refractivity contribution < 1.29 is 0 Å². The third-order valence-corrected chi connectivity index (χ3v) is 4.58. The molecule has 1 heterocycles. The van der Waals surface area contributed by atoms with Crippen LogP contribution in [0.5, 0.6) is 0 Å². The van der Waals surface area contributed by atoms with Gasteiger partial charge in [0.25, 0.3) is 0 Å². The molecule has 0 saturated heterocycles. The molecule has 24 heavy (non-hydrogen) atoms. The molecule has 4 heteroatoms. The Balaban J connectivity index is 1.73. The summed E-state index contributed by atoms with van der Waals surface area (Å²) in [5.41, 5.74) is 3.94. The summed E-state index contributed by atoms with van der Waals surface area (Å²) in [6.45, 7) is 1.99. The van der Waals surface area contributed by atoms with Gasteiger partial charge in [-0.3, -0.25) is 4.31 Å². The Kier molecular flexibility index (Phi) is 4.83. The molecule has 0 radical (unpaired) electrons. The van der Waals surface area contributed by atoms with Crippen molar-refractivity contribution >= 4 is 17.8 Å². The highest BCUT2D eigenvalue weighted by Crippen LogP contribution is 2.28. The summed E-state index contributed by atoms with van der Waals surface area (Å²) in [6, 6.07) is 24.2. The first-order chi connectivity index (χ1) is 11.7. The van der Waals surface area contributed by atoms with Gasteiger partial charge in [0.15, 0.2) is 0 Å². The maximum absolute atomic E-state index is 8.87. The fourth-order valence-electron chi connectivity index (χ4n) is 2.35. The third-order valence-electron chi connectivity index (χ3n) is 3.64. The number of aryl methyl sites for hydroxylation is 1. The monoisotopic (exact) mass is 331 g/mol. The SMILES string of the molecule is Cc1cccc(N(C)Sc2ccc(-c3ccc(C#N)cc3)cc2)n1. The number of rotatable bonds is 4. The summed E-state index contributed by atoms with van der Waals surface area (Å²) in [7, 11) is 2.01. The van der Waals surface area contributed by atoms with E-state index >= 15 is 0 Å². The van der Waals surface area contributed by atoms with Crippen LogP contribution in [-0.4, -0.2) is 12.0 Å². The second-order valence-corrected chi connectivity index (χ2v) is 6.64. The number of pyridine rings is 1. The molecule has 2 aromatic carbocycles. The molecule has 118 valence electrons. The van der Waals surface area contributed by atoms with Crippen molar-refractivity contribution in [1.82, 2.24) is 4.98 Å². The van der Waals surface area contributed by atoms with E-state index in [4.69, 9.17) is 5.26 Å². The van der Waals surface area contributed by atoms with Crippen molar-refractivity contribution in [2.45, 2.75) is 11.8 Å². The molecule has 3 aromatic rings. The fourth-order valence-corrected chi connectivity index (χ4v) is 3.12. The average molecular weight is 331 g/mol. The van der Waals surface area contributed by atoms with Gasteiger partial charge in [0.1, 0.15) is 5.82 Å². The summed E-state index contributed by atoms with van der Waals surface area (Å²) >= 11 is 1.64. The molecule has 0 aliphatic heterocycles. The molecule has 0 aliphatic rings. The van der Waals surface area contributed by atoms with E-state index in [1.807, 2.05) is 56.4 Å². The Morgan fingerprint density at radius 2 is 1.54 bits per heavy atom. The molecular formula is C20H17N3S. The number of benzene rings is 2. The second kappa shape index (κ2) is 7.20. The minimum absolute atomic E-state index is 0.679. The molecule has 1 aromatic heterocycles. The largest absolute Gasteiger partial charge is 0.300 e. The lowest BCUT2D eigenvalue weighted by Gasteiger charge is -2.17. The summed E-state index contributed by atoms with van der Waals surface area (Å²) in [4.78, 5) is 5.68. The Morgan fingerprint density at radius 3 is 2.12 bits per heavy atom. The van der Waals surface area contributed by atoms with Crippen molar-refractivity contribution in [1.29, 1.82) is 5.26 Å². The number of nitriles is 1. The Hall–Kier alpha value is -2.77. The van der Waals surface area contributed by atoms with E-state index in [2.05, 4.69) is 39.6 Å². The van der Waals surface area contributed by atoms with Gasteiger partial charge in [-0.2, -0.15) is 5.26 Å². The lowest BCUT2D eigenvalue weighted by atomic mass is 10.0. The molecular weight excluding hydrogens is 314 g/mol. The van der Waals surface area contributed by atoms with Crippen LogP contribution in [-0.2, 0) is 0 Å². The highest BCUT2D eigenvalue weighted by Gasteiger charge is 2.06. The predicted octanol–water partition coefficient (Wildman–Crippen LogP) is 5.07. The first-order valence-electron chi connectivity index (χ1n) is 7.62. The second-order valence-electron chi connectivity index (χ2n) is 5.44. The van der Waals surface area contributed by atoms with Crippen LogP contribution in [0.3, 0.4) is 0 Å². The van der Waals surface area contributed by atoms with E-state index in [1.54, 1.807) is 11.9 Å². The number of anilines is 1. The van der Waals surface area contributed by atoms with Crippen LogP contribution in [0.25, 0.3) is 11.1 Å². The zero-order valence-electron chi connectivity index (χ0n) is 13.6. The van der Waals surface area contributed by atoms with Gasteiger partial charge in [-0.25, -0.2) is 4.98 Å². The molecule has 0 saturated carbocycles. The van der Waals surface area contributed by atoms with Crippen molar-refractivity contribution in [2.24, 2.45) is 0 Å². The number of nitrogens with zero attached hydrogens (tertiary/aromatic N) is 3. The van der Waals surface area contributed by atoms with Crippen molar-refractivity contribution in [3.05, 3.63) is 78.0 Å². The summed E-state index contributed by atoms with van der Waals surface area (Å²) in [5.74, 6) is 0.941. The quantitative estimate of drug-likeness (QED) is 0.626. The molecule has 0 aliphatic carbocycles. The van der Waals surface area contributed by atoms with Gasteiger partial charge in [-0.1, -0.05) is 30.3 Å². The van der Waals surface area contributed by atoms with Crippen LogP contribution in [0, 0.1) is 18.3 Å². The van der Waals surface area contributed by atoms with Crippen LogP contribution in [0.15, 0.2) is 71.6 Å². The minimum Gasteiger partial charge on any atom is -0.300 e. The van der Waals surface area contributed by atoms with Gasteiger partial charge in [0.2, 0.25) is 0 Å². The lowest BCUT2D eigenvalue weighted by molar-refractivity contribution is 1.15. The van der Waals surface area contributed by atoms with Crippen LogP contribution in [0.4, 0.5) is 5.82 Å². The minimum atomic E-state index is 0.679. The van der Waals surface area contributed by atoms with Gasteiger partial charge in [-0.05, 0) is 66.4 Å². The highest BCUT2D eigenvalue weighted by atomic mass is 32.2. The smallest absolute Gasteiger partial charge is 0.138 e. The van der Waals surface area contributed by atoms with Gasteiger partial charge in [0, 0.05) is 17.6 Å². The molecule has 0 spiro atoms. The summed E-state index contributed by atoms with van der Waals surface area (Å²) in [5, 5.41) is 8.87. The Morgan fingerprint density at radius 1 is 0.917 bits per heavy atom. The number of hydrogen-bond acceptors (Lipinski definition) is 4. The first-order valence-corrected chi connectivity index (χ1v) is 8.39. The van der Waals surface area contributed by atoms with Crippen LogP contribution in [0.2, 0.25) is 0 Å². The third kappa shape index (κ3) is 3.76. The molecule has 3 rings (SSSR count). The predicted molar refractivity (Wildman–Crippen MR) is 99.8 cm³/mol. The van der Waals surface area contributed by atoms with Gasteiger partial charge >= 0.3 is 0 Å². The van der Waals surface area contributed by atoms with E-state index in [9.17, 15) is 0 Å². The zero-order chi connectivity index (χ0) is 16.9. The fraction of sp³-hybridized carbons (Fsp3) is 0.100. The summed E-state index contributed by atoms with van der Waals surface area (Å²) < 4.78 is 2.06. The van der Waals surface area contributed by atoms with Crippen LogP contribution in [0.1, 0.15) is 11.3 Å². The molecule has 0 fully saturated rings. The molecule has 3 nitrogen and oxygen atoms in total. The normalized spacial score (nSPS) is 10.2. The van der Waals surface area contributed by atoms with E-state index < -0.39 is 0 Å². The van der Waals surface area contributed by atoms with E-state index in [0.717, 1.165) is 27.5 Å². The number of hydrogen-bond donors (Lipinski definition) is 0. The van der Waals surface area contributed by atoms with Crippen molar-refractivity contribution in [3.63, 3.8) is 0 Å². The van der Waals surface area contributed by atoms with Gasteiger partial charge in [0.05, 0.1) is 11.6 Å². The highest BCUT2D eigenvalue weighted by molar-refractivity contribution is 8.00. The molecule has 0 unspecified atom stereocenters. The summed E-state index contributed by atoms with van der Waals surface area (Å²) in [6.07, 6.45) is 0. The van der Waals surface area contributed by atoms with Crippen LogP contribution < -0.4 is 4.31 Å². The molecule has 0 atom stereocenters. The topological polar surface area (TPSA) is 39.9 Å². The average Bonchev–Trinajstić information content (AvgIpc) is 2.62. The van der Waals surface area contributed by atoms with Gasteiger partial charge in [-0.15, -0.1) is 0 Å².